The quantitative estimate of drug-likeness (QED) is 0.324. The van der Waals surface area contributed by atoms with Gasteiger partial charge in [0.05, 0.1) is 17.1 Å². The van der Waals surface area contributed by atoms with E-state index < -0.39 is 10.9 Å². The predicted octanol–water partition coefficient (Wildman–Crippen LogP) is 3.76. The SMILES string of the molecule is CCCCCCNc1ccc(C(=O)OCC)cc1[N+](=O)[O-]. The van der Waals surface area contributed by atoms with Crippen molar-refractivity contribution < 1.29 is 14.5 Å². The fourth-order valence-corrected chi connectivity index (χ4v) is 1.95. The second-order valence-corrected chi connectivity index (χ2v) is 4.70. The Morgan fingerprint density at radius 3 is 2.67 bits per heavy atom. The first kappa shape index (κ1) is 16.9. The molecule has 1 rings (SSSR count). The zero-order valence-corrected chi connectivity index (χ0v) is 12.6. The van der Waals surface area contributed by atoms with Gasteiger partial charge in [-0.1, -0.05) is 26.2 Å². The molecule has 0 saturated carbocycles. The Kier molecular flexibility index (Phi) is 7.21. The highest BCUT2D eigenvalue weighted by Gasteiger charge is 2.17. The van der Waals surface area contributed by atoms with Crippen LogP contribution in [0.15, 0.2) is 18.2 Å². The van der Waals surface area contributed by atoms with Gasteiger partial charge in [0, 0.05) is 12.6 Å². The number of rotatable bonds is 9. The van der Waals surface area contributed by atoms with Crippen LogP contribution in [0.2, 0.25) is 0 Å². The molecule has 0 aliphatic carbocycles. The van der Waals surface area contributed by atoms with Crippen molar-refractivity contribution in [1.29, 1.82) is 0 Å². The molecule has 6 heteroatoms. The van der Waals surface area contributed by atoms with E-state index >= 15 is 0 Å². The largest absolute Gasteiger partial charge is 0.462 e. The molecule has 0 aliphatic rings. The molecule has 0 saturated heterocycles. The van der Waals surface area contributed by atoms with Crippen molar-refractivity contribution >= 4 is 17.3 Å². The molecular weight excluding hydrogens is 272 g/mol. The maximum Gasteiger partial charge on any atom is 0.338 e. The minimum absolute atomic E-state index is 0.101. The molecule has 21 heavy (non-hydrogen) atoms. The summed E-state index contributed by atoms with van der Waals surface area (Å²) >= 11 is 0. The lowest BCUT2D eigenvalue weighted by atomic mass is 10.1. The number of nitrogens with zero attached hydrogens (tertiary/aromatic N) is 1. The molecule has 1 N–H and O–H groups in total. The van der Waals surface area contributed by atoms with Gasteiger partial charge in [-0.05, 0) is 25.5 Å². The van der Waals surface area contributed by atoms with E-state index in [0.29, 0.717) is 12.2 Å². The molecule has 0 fully saturated rings. The fourth-order valence-electron chi connectivity index (χ4n) is 1.95. The summed E-state index contributed by atoms with van der Waals surface area (Å²) in [7, 11) is 0. The standard InChI is InChI=1S/C15H22N2O4/c1-3-5-6-7-10-16-13-9-8-12(15(18)21-4-2)11-14(13)17(19)20/h8-9,11,16H,3-7,10H2,1-2H3. The average molecular weight is 294 g/mol. The lowest BCUT2D eigenvalue weighted by Crippen LogP contribution is -2.08. The van der Waals surface area contributed by atoms with Crippen LogP contribution in [0, 0.1) is 10.1 Å². The molecule has 0 spiro atoms. The van der Waals surface area contributed by atoms with Crippen LogP contribution in [0.1, 0.15) is 49.9 Å². The van der Waals surface area contributed by atoms with Gasteiger partial charge in [-0.2, -0.15) is 0 Å². The van der Waals surface area contributed by atoms with E-state index in [-0.39, 0.29) is 17.9 Å². The van der Waals surface area contributed by atoms with Crippen LogP contribution in [-0.2, 0) is 4.74 Å². The van der Waals surface area contributed by atoms with Gasteiger partial charge in [-0.25, -0.2) is 4.79 Å². The highest BCUT2D eigenvalue weighted by atomic mass is 16.6. The summed E-state index contributed by atoms with van der Waals surface area (Å²) in [4.78, 5) is 22.2. The number of nitro benzene ring substituents is 1. The van der Waals surface area contributed by atoms with Crippen LogP contribution in [-0.4, -0.2) is 24.0 Å². The second-order valence-electron chi connectivity index (χ2n) is 4.70. The first-order valence-corrected chi connectivity index (χ1v) is 7.29. The number of benzene rings is 1. The van der Waals surface area contributed by atoms with Crippen molar-refractivity contribution in [3.05, 3.63) is 33.9 Å². The minimum atomic E-state index is -0.546. The average Bonchev–Trinajstić information content (AvgIpc) is 2.47. The monoisotopic (exact) mass is 294 g/mol. The third-order valence-electron chi connectivity index (χ3n) is 3.05. The van der Waals surface area contributed by atoms with Gasteiger partial charge >= 0.3 is 5.97 Å². The first-order valence-electron chi connectivity index (χ1n) is 7.29. The topological polar surface area (TPSA) is 81.5 Å². The van der Waals surface area contributed by atoms with E-state index in [9.17, 15) is 14.9 Å². The summed E-state index contributed by atoms with van der Waals surface area (Å²) < 4.78 is 4.85. The van der Waals surface area contributed by atoms with E-state index in [4.69, 9.17) is 4.74 Å². The Labute approximate surface area is 124 Å². The van der Waals surface area contributed by atoms with Crippen molar-refractivity contribution in [2.45, 2.75) is 39.5 Å². The molecular formula is C15H22N2O4. The highest BCUT2D eigenvalue weighted by Crippen LogP contribution is 2.26. The Morgan fingerprint density at radius 2 is 2.05 bits per heavy atom. The number of carbonyl (C=O) groups is 1. The molecule has 6 nitrogen and oxygen atoms in total. The smallest absolute Gasteiger partial charge is 0.338 e. The second kappa shape index (κ2) is 8.94. The number of hydrogen-bond donors (Lipinski definition) is 1. The summed E-state index contributed by atoms with van der Waals surface area (Å²) in [5.41, 5.74) is 0.528. The zero-order valence-electron chi connectivity index (χ0n) is 12.6. The van der Waals surface area contributed by atoms with Crippen LogP contribution in [0.4, 0.5) is 11.4 Å². The van der Waals surface area contributed by atoms with Crippen molar-refractivity contribution in [2.24, 2.45) is 0 Å². The summed E-state index contributed by atoms with van der Waals surface area (Å²) in [6, 6.07) is 4.36. The van der Waals surface area contributed by atoms with E-state index in [0.717, 1.165) is 25.7 Å². The molecule has 0 aromatic heterocycles. The van der Waals surface area contributed by atoms with Crippen LogP contribution < -0.4 is 5.32 Å². The summed E-state index contributed by atoms with van der Waals surface area (Å²) in [5.74, 6) is -0.546. The Morgan fingerprint density at radius 1 is 1.29 bits per heavy atom. The molecule has 116 valence electrons. The highest BCUT2D eigenvalue weighted by molar-refractivity contribution is 5.91. The van der Waals surface area contributed by atoms with E-state index in [2.05, 4.69) is 12.2 Å². The van der Waals surface area contributed by atoms with Gasteiger partial charge in [0.25, 0.3) is 5.69 Å². The van der Waals surface area contributed by atoms with Crippen LogP contribution in [0.3, 0.4) is 0 Å². The molecule has 1 aromatic carbocycles. The molecule has 0 amide bonds. The molecule has 0 heterocycles. The van der Waals surface area contributed by atoms with E-state index in [1.807, 2.05) is 0 Å². The summed E-state index contributed by atoms with van der Waals surface area (Å²) in [6.45, 7) is 4.74. The van der Waals surface area contributed by atoms with Gasteiger partial charge < -0.3 is 10.1 Å². The van der Waals surface area contributed by atoms with Gasteiger partial charge in [0.2, 0.25) is 0 Å². The van der Waals surface area contributed by atoms with Gasteiger partial charge in [0.1, 0.15) is 5.69 Å². The first-order chi connectivity index (χ1) is 10.1. The van der Waals surface area contributed by atoms with E-state index in [1.165, 1.54) is 6.07 Å². The van der Waals surface area contributed by atoms with Crippen molar-refractivity contribution in [3.63, 3.8) is 0 Å². The number of carbonyl (C=O) groups excluding carboxylic acids is 1. The van der Waals surface area contributed by atoms with Crippen molar-refractivity contribution in [2.75, 3.05) is 18.5 Å². The number of nitro groups is 1. The predicted molar refractivity (Wildman–Crippen MR) is 81.7 cm³/mol. The third-order valence-corrected chi connectivity index (χ3v) is 3.05. The molecule has 0 atom stereocenters. The number of ether oxygens (including phenoxy) is 1. The van der Waals surface area contributed by atoms with Crippen LogP contribution >= 0.6 is 0 Å². The zero-order chi connectivity index (χ0) is 15.7. The summed E-state index contributed by atoms with van der Waals surface area (Å²) in [5, 5.41) is 14.2. The van der Waals surface area contributed by atoms with Crippen molar-refractivity contribution in [3.8, 4) is 0 Å². The molecule has 1 aromatic rings. The Hall–Kier alpha value is -2.11. The summed E-state index contributed by atoms with van der Waals surface area (Å²) in [6.07, 6.45) is 4.36. The van der Waals surface area contributed by atoms with E-state index in [1.54, 1.807) is 19.1 Å². The maximum absolute atomic E-state index is 11.6. The minimum Gasteiger partial charge on any atom is -0.462 e. The molecule has 0 bridgehead atoms. The number of hydrogen-bond acceptors (Lipinski definition) is 5. The number of nitrogens with one attached hydrogen (secondary N) is 1. The number of unbranched alkanes of at least 4 members (excludes halogenated alkanes) is 3. The molecule has 0 radical (unpaired) electrons. The van der Waals surface area contributed by atoms with Gasteiger partial charge in [-0.15, -0.1) is 0 Å². The molecule has 0 unspecified atom stereocenters. The Balaban J connectivity index is 2.75. The number of anilines is 1. The van der Waals surface area contributed by atoms with Gasteiger partial charge in [0.15, 0.2) is 0 Å². The van der Waals surface area contributed by atoms with Gasteiger partial charge in [-0.3, -0.25) is 10.1 Å². The third kappa shape index (κ3) is 5.41. The lowest BCUT2D eigenvalue weighted by Gasteiger charge is -2.08. The normalized spacial score (nSPS) is 10.2. The Bertz CT molecular complexity index is 489. The maximum atomic E-state index is 11.6. The fraction of sp³-hybridized carbons (Fsp3) is 0.533. The lowest BCUT2D eigenvalue weighted by molar-refractivity contribution is -0.384. The number of esters is 1. The molecule has 0 aliphatic heterocycles. The van der Waals surface area contributed by atoms with Crippen molar-refractivity contribution in [1.82, 2.24) is 0 Å². The van der Waals surface area contributed by atoms with Crippen LogP contribution in [0.25, 0.3) is 0 Å². The van der Waals surface area contributed by atoms with Crippen LogP contribution in [0.5, 0.6) is 0 Å².